The molecule has 6 heteroatoms. The molecule has 0 bridgehead atoms. The van der Waals surface area contributed by atoms with Gasteiger partial charge in [0.2, 0.25) is 0 Å². The molecule has 106 valence electrons. The quantitative estimate of drug-likeness (QED) is 0.780. The van der Waals surface area contributed by atoms with E-state index in [4.69, 9.17) is 0 Å². The van der Waals surface area contributed by atoms with E-state index in [-0.39, 0.29) is 18.0 Å². The summed E-state index contributed by atoms with van der Waals surface area (Å²) in [6, 6.07) is 1.43. The van der Waals surface area contributed by atoms with Gasteiger partial charge in [0.1, 0.15) is 11.6 Å². The zero-order chi connectivity index (χ0) is 15.2. The minimum absolute atomic E-state index is 0.185. The number of rotatable bonds is 2. The van der Waals surface area contributed by atoms with Crippen LogP contribution < -0.4 is 4.90 Å². The summed E-state index contributed by atoms with van der Waals surface area (Å²) in [6.07, 6.45) is 0. The molecule has 0 spiro atoms. The standard InChI is InChI=1S/C14H13F2NO3/c1-14(2,3)10(18)6-17-9-5-7(15)4-8(16)11(9)12(19)13(17)20/h4-5H,6H2,1-3H3. The topological polar surface area (TPSA) is 54.5 Å². The van der Waals surface area contributed by atoms with E-state index in [1.807, 2.05) is 0 Å². The van der Waals surface area contributed by atoms with Crippen molar-refractivity contribution >= 4 is 23.2 Å². The van der Waals surface area contributed by atoms with Gasteiger partial charge < -0.3 is 0 Å². The van der Waals surface area contributed by atoms with E-state index in [1.165, 1.54) is 0 Å². The minimum atomic E-state index is -1.09. The van der Waals surface area contributed by atoms with Crippen molar-refractivity contribution in [3.63, 3.8) is 0 Å². The molecule has 0 radical (unpaired) electrons. The first-order chi connectivity index (χ1) is 9.12. The Labute approximate surface area is 114 Å². The average molecular weight is 281 g/mol. The van der Waals surface area contributed by atoms with Crippen molar-refractivity contribution in [1.82, 2.24) is 0 Å². The van der Waals surface area contributed by atoms with E-state index in [0.29, 0.717) is 6.07 Å². The van der Waals surface area contributed by atoms with Crippen LogP contribution in [0.1, 0.15) is 31.1 Å². The molecular weight excluding hydrogens is 268 g/mol. The van der Waals surface area contributed by atoms with Crippen LogP contribution in [0.5, 0.6) is 0 Å². The maximum Gasteiger partial charge on any atom is 0.300 e. The van der Waals surface area contributed by atoms with E-state index < -0.39 is 34.3 Å². The average Bonchev–Trinajstić information content (AvgIpc) is 2.53. The van der Waals surface area contributed by atoms with Gasteiger partial charge in [-0.2, -0.15) is 0 Å². The fraction of sp³-hybridized carbons (Fsp3) is 0.357. The number of amides is 1. The SMILES string of the molecule is CC(C)(C)C(=O)CN1C(=O)C(=O)c2c(F)cc(F)cc21. The fourth-order valence-corrected chi connectivity index (χ4v) is 1.87. The first-order valence-corrected chi connectivity index (χ1v) is 6.01. The lowest BCUT2D eigenvalue weighted by Crippen LogP contribution is -2.39. The predicted molar refractivity (Wildman–Crippen MR) is 67.5 cm³/mol. The molecule has 1 aromatic carbocycles. The Hall–Kier alpha value is -2.11. The van der Waals surface area contributed by atoms with Crippen molar-refractivity contribution in [3.05, 3.63) is 29.3 Å². The lowest BCUT2D eigenvalue weighted by molar-refractivity contribution is -0.126. The van der Waals surface area contributed by atoms with Crippen molar-refractivity contribution in [2.45, 2.75) is 20.8 Å². The number of carbonyl (C=O) groups is 3. The first-order valence-electron chi connectivity index (χ1n) is 6.01. The van der Waals surface area contributed by atoms with Crippen molar-refractivity contribution < 1.29 is 23.2 Å². The van der Waals surface area contributed by atoms with Crippen molar-refractivity contribution in [2.24, 2.45) is 5.41 Å². The molecule has 1 amide bonds. The number of carbonyl (C=O) groups excluding carboxylic acids is 3. The van der Waals surface area contributed by atoms with E-state index >= 15 is 0 Å². The Bertz CT molecular complexity index is 632. The summed E-state index contributed by atoms with van der Waals surface area (Å²) in [5.41, 5.74) is -1.38. The third-order valence-corrected chi connectivity index (χ3v) is 3.13. The maximum atomic E-state index is 13.6. The van der Waals surface area contributed by atoms with E-state index in [1.54, 1.807) is 20.8 Å². The van der Waals surface area contributed by atoms with E-state index in [2.05, 4.69) is 0 Å². The molecule has 0 aromatic heterocycles. The highest BCUT2D eigenvalue weighted by Gasteiger charge is 2.40. The summed E-state index contributed by atoms with van der Waals surface area (Å²) < 4.78 is 26.8. The lowest BCUT2D eigenvalue weighted by Gasteiger charge is -2.22. The number of hydrogen-bond acceptors (Lipinski definition) is 3. The van der Waals surface area contributed by atoms with Gasteiger partial charge in [0.05, 0.1) is 17.8 Å². The number of Topliss-reactive ketones (excluding diaryl/α,β-unsaturated/α-hetero) is 2. The highest BCUT2D eigenvalue weighted by atomic mass is 19.1. The summed E-state index contributed by atoms with van der Waals surface area (Å²) in [4.78, 5) is 36.3. The van der Waals surface area contributed by atoms with Crippen LogP contribution >= 0.6 is 0 Å². The van der Waals surface area contributed by atoms with Gasteiger partial charge in [-0.15, -0.1) is 0 Å². The Balaban J connectivity index is 2.46. The molecule has 1 aromatic rings. The van der Waals surface area contributed by atoms with Crippen LogP contribution in [0.4, 0.5) is 14.5 Å². The second-order valence-corrected chi connectivity index (χ2v) is 5.68. The molecule has 0 aliphatic carbocycles. The highest BCUT2D eigenvalue weighted by molar-refractivity contribution is 6.52. The number of benzene rings is 1. The predicted octanol–water partition coefficient (Wildman–Crippen LogP) is 2.11. The number of fused-ring (bicyclic) bond motifs is 1. The molecule has 0 unspecified atom stereocenters. The van der Waals surface area contributed by atoms with Crippen LogP contribution in [0.2, 0.25) is 0 Å². The molecule has 1 aliphatic heterocycles. The smallest absolute Gasteiger partial charge is 0.297 e. The Morgan fingerprint density at radius 3 is 2.35 bits per heavy atom. The monoisotopic (exact) mass is 281 g/mol. The van der Waals surface area contributed by atoms with Crippen LogP contribution in [0, 0.1) is 17.0 Å². The van der Waals surface area contributed by atoms with Crippen LogP contribution in [-0.4, -0.2) is 24.0 Å². The molecular formula is C14H13F2NO3. The van der Waals surface area contributed by atoms with Crippen LogP contribution in [-0.2, 0) is 9.59 Å². The number of anilines is 1. The van der Waals surface area contributed by atoms with Gasteiger partial charge in [0.15, 0.2) is 5.78 Å². The number of ketones is 2. The third-order valence-electron chi connectivity index (χ3n) is 3.13. The largest absolute Gasteiger partial charge is 0.300 e. The zero-order valence-electron chi connectivity index (χ0n) is 11.3. The van der Waals surface area contributed by atoms with Crippen molar-refractivity contribution in [3.8, 4) is 0 Å². The molecule has 0 N–H and O–H groups in total. The van der Waals surface area contributed by atoms with E-state index in [9.17, 15) is 23.2 Å². The van der Waals surface area contributed by atoms with Gasteiger partial charge in [0.25, 0.3) is 11.7 Å². The summed E-state index contributed by atoms with van der Waals surface area (Å²) in [7, 11) is 0. The van der Waals surface area contributed by atoms with Crippen molar-refractivity contribution in [2.75, 3.05) is 11.4 Å². The number of halogens is 2. The zero-order valence-corrected chi connectivity index (χ0v) is 11.3. The molecule has 4 nitrogen and oxygen atoms in total. The van der Waals surface area contributed by atoms with Gasteiger partial charge in [0, 0.05) is 11.5 Å². The Morgan fingerprint density at radius 1 is 1.20 bits per heavy atom. The molecule has 2 rings (SSSR count). The molecule has 1 aliphatic rings. The van der Waals surface area contributed by atoms with Gasteiger partial charge in [-0.1, -0.05) is 20.8 Å². The summed E-state index contributed by atoms with van der Waals surface area (Å²) in [5, 5.41) is 0. The Kier molecular flexibility index (Phi) is 3.20. The minimum Gasteiger partial charge on any atom is -0.297 e. The molecule has 20 heavy (non-hydrogen) atoms. The number of nitrogens with zero attached hydrogens (tertiary/aromatic N) is 1. The molecule has 0 saturated heterocycles. The molecule has 0 fully saturated rings. The molecule has 0 saturated carbocycles. The lowest BCUT2D eigenvalue weighted by atomic mass is 9.90. The first kappa shape index (κ1) is 14.3. The van der Waals surface area contributed by atoms with E-state index in [0.717, 1.165) is 11.0 Å². The van der Waals surface area contributed by atoms with Gasteiger partial charge in [-0.05, 0) is 6.07 Å². The van der Waals surface area contributed by atoms with Gasteiger partial charge >= 0.3 is 0 Å². The number of hydrogen-bond donors (Lipinski definition) is 0. The highest BCUT2D eigenvalue weighted by Crippen LogP contribution is 2.32. The van der Waals surface area contributed by atoms with Crippen LogP contribution in [0.15, 0.2) is 12.1 Å². The fourth-order valence-electron chi connectivity index (χ4n) is 1.87. The second kappa shape index (κ2) is 4.47. The van der Waals surface area contributed by atoms with Crippen molar-refractivity contribution in [1.29, 1.82) is 0 Å². The maximum absolute atomic E-state index is 13.6. The summed E-state index contributed by atoms with van der Waals surface area (Å²) >= 11 is 0. The molecule has 1 heterocycles. The van der Waals surface area contributed by atoms with Crippen LogP contribution in [0.3, 0.4) is 0 Å². The molecule has 0 atom stereocenters. The van der Waals surface area contributed by atoms with Gasteiger partial charge in [-0.25, -0.2) is 8.78 Å². The second-order valence-electron chi connectivity index (χ2n) is 5.68. The normalized spacial score (nSPS) is 14.8. The Morgan fingerprint density at radius 2 is 1.80 bits per heavy atom. The third kappa shape index (κ3) is 2.21. The summed E-state index contributed by atoms with van der Waals surface area (Å²) in [5.74, 6) is -4.38. The summed E-state index contributed by atoms with van der Waals surface area (Å²) in [6.45, 7) is 4.59. The van der Waals surface area contributed by atoms with Crippen LogP contribution in [0.25, 0.3) is 0 Å². The van der Waals surface area contributed by atoms with Gasteiger partial charge in [-0.3, -0.25) is 19.3 Å².